The molecule has 1 saturated heterocycles. The third-order valence-corrected chi connectivity index (χ3v) is 3.54. The molecule has 0 aromatic carbocycles. The first-order valence-corrected chi connectivity index (χ1v) is 7.19. The van der Waals surface area contributed by atoms with Crippen LogP contribution in [0.3, 0.4) is 0 Å². The van der Waals surface area contributed by atoms with Crippen molar-refractivity contribution in [1.29, 1.82) is 0 Å². The molecular formula is C15H23N3O. The maximum Gasteiger partial charge on any atom is 0.252 e. The van der Waals surface area contributed by atoms with Gasteiger partial charge in [0.25, 0.3) is 5.91 Å². The van der Waals surface area contributed by atoms with Crippen molar-refractivity contribution in [3.05, 3.63) is 24.0 Å². The molecule has 1 N–H and O–H groups in total. The molecule has 104 valence electrons. The van der Waals surface area contributed by atoms with Gasteiger partial charge in [0.05, 0.1) is 17.4 Å². The average molecular weight is 261 g/mol. The molecule has 1 atom stereocenters. The number of nitrogens with zero attached hydrogens (tertiary/aromatic N) is 2. The Kier molecular flexibility index (Phi) is 4.77. The highest BCUT2D eigenvalue weighted by atomic mass is 16.1. The number of aromatic nitrogens is 1. The summed E-state index contributed by atoms with van der Waals surface area (Å²) < 4.78 is 0. The first-order chi connectivity index (χ1) is 9.20. The number of hydrogen-bond donors (Lipinski definition) is 1. The zero-order valence-electron chi connectivity index (χ0n) is 11.9. The highest BCUT2D eigenvalue weighted by Crippen LogP contribution is 2.22. The fourth-order valence-electron chi connectivity index (χ4n) is 2.49. The van der Waals surface area contributed by atoms with Gasteiger partial charge in [-0.15, -0.1) is 0 Å². The van der Waals surface area contributed by atoms with Gasteiger partial charge in [-0.05, 0) is 31.2 Å². The Labute approximate surface area is 115 Å². The Bertz CT molecular complexity index is 433. The van der Waals surface area contributed by atoms with E-state index in [1.54, 1.807) is 6.20 Å². The molecule has 1 amide bonds. The van der Waals surface area contributed by atoms with Crippen LogP contribution < -0.4 is 10.2 Å². The fraction of sp³-hybridized carbons (Fsp3) is 0.600. The van der Waals surface area contributed by atoms with Gasteiger partial charge in [-0.25, -0.2) is 0 Å². The number of carbonyl (C=O) groups excluding carboxylic acids is 1. The number of carbonyl (C=O) groups is 1. The van der Waals surface area contributed by atoms with E-state index in [9.17, 15) is 4.79 Å². The minimum atomic E-state index is -0.0266. The van der Waals surface area contributed by atoms with Gasteiger partial charge in [0.1, 0.15) is 0 Å². The summed E-state index contributed by atoms with van der Waals surface area (Å²) in [6, 6.07) is 1.95. The molecule has 2 rings (SSSR count). The van der Waals surface area contributed by atoms with Gasteiger partial charge in [-0.1, -0.05) is 13.8 Å². The monoisotopic (exact) mass is 261 g/mol. The second kappa shape index (κ2) is 6.55. The molecule has 1 aromatic rings. The topological polar surface area (TPSA) is 45.2 Å². The van der Waals surface area contributed by atoms with Crippen LogP contribution >= 0.6 is 0 Å². The second-order valence-corrected chi connectivity index (χ2v) is 5.38. The number of rotatable bonds is 4. The summed E-state index contributed by atoms with van der Waals surface area (Å²) in [6.45, 7) is 7.15. The fourth-order valence-corrected chi connectivity index (χ4v) is 2.49. The van der Waals surface area contributed by atoms with Gasteiger partial charge in [0.2, 0.25) is 0 Å². The largest absolute Gasteiger partial charge is 0.370 e. The third kappa shape index (κ3) is 3.69. The molecule has 0 aliphatic carbocycles. The number of anilines is 1. The van der Waals surface area contributed by atoms with E-state index in [1.165, 1.54) is 12.8 Å². The smallest absolute Gasteiger partial charge is 0.252 e. The average Bonchev–Trinajstić information content (AvgIpc) is 2.45. The van der Waals surface area contributed by atoms with Gasteiger partial charge >= 0.3 is 0 Å². The molecule has 4 heteroatoms. The summed E-state index contributed by atoms with van der Waals surface area (Å²) in [6.07, 6.45) is 6.95. The Morgan fingerprint density at radius 3 is 3.11 bits per heavy atom. The standard InChI is InChI=1S/C15H23N3O/c1-3-6-17-15(19)13-8-14(10-16-9-13)18-7-4-5-12(2)11-18/h8-10,12H,3-7,11H2,1-2H3,(H,17,19). The van der Waals surface area contributed by atoms with Crippen molar-refractivity contribution in [2.45, 2.75) is 33.1 Å². The molecule has 2 heterocycles. The molecule has 1 unspecified atom stereocenters. The maximum atomic E-state index is 11.9. The Morgan fingerprint density at radius 2 is 2.37 bits per heavy atom. The zero-order chi connectivity index (χ0) is 13.7. The predicted octanol–water partition coefficient (Wildman–Crippen LogP) is 2.46. The third-order valence-electron chi connectivity index (χ3n) is 3.54. The van der Waals surface area contributed by atoms with Crippen molar-refractivity contribution < 1.29 is 4.79 Å². The van der Waals surface area contributed by atoms with E-state index in [1.807, 2.05) is 19.2 Å². The first-order valence-electron chi connectivity index (χ1n) is 7.19. The van der Waals surface area contributed by atoms with E-state index < -0.39 is 0 Å². The van der Waals surface area contributed by atoms with E-state index in [0.29, 0.717) is 18.0 Å². The van der Waals surface area contributed by atoms with Crippen LogP contribution in [0.5, 0.6) is 0 Å². The van der Waals surface area contributed by atoms with Crippen molar-refractivity contribution in [1.82, 2.24) is 10.3 Å². The highest BCUT2D eigenvalue weighted by molar-refractivity contribution is 5.94. The Hall–Kier alpha value is -1.58. The quantitative estimate of drug-likeness (QED) is 0.905. The lowest BCUT2D eigenvalue weighted by atomic mass is 10.00. The van der Waals surface area contributed by atoms with Crippen molar-refractivity contribution in [2.75, 3.05) is 24.5 Å². The molecule has 0 bridgehead atoms. The minimum absolute atomic E-state index is 0.0266. The molecule has 1 aliphatic rings. The van der Waals surface area contributed by atoms with Gasteiger partial charge < -0.3 is 10.2 Å². The van der Waals surface area contributed by atoms with Crippen LogP contribution in [0.1, 0.15) is 43.5 Å². The van der Waals surface area contributed by atoms with Gasteiger partial charge in [0.15, 0.2) is 0 Å². The number of nitrogens with one attached hydrogen (secondary N) is 1. The summed E-state index contributed by atoms with van der Waals surface area (Å²) in [5, 5.41) is 2.89. The molecule has 4 nitrogen and oxygen atoms in total. The normalized spacial score (nSPS) is 19.3. The summed E-state index contributed by atoms with van der Waals surface area (Å²) in [5.74, 6) is 0.688. The summed E-state index contributed by atoms with van der Waals surface area (Å²) in [5.41, 5.74) is 1.72. The van der Waals surface area contributed by atoms with Crippen LogP contribution in [0.2, 0.25) is 0 Å². The molecule has 19 heavy (non-hydrogen) atoms. The molecule has 1 aliphatic heterocycles. The molecular weight excluding hydrogens is 238 g/mol. The minimum Gasteiger partial charge on any atom is -0.370 e. The SMILES string of the molecule is CCCNC(=O)c1cncc(N2CCCC(C)C2)c1. The van der Waals surface area contributed by atoms with Gasteiger partial charge in [-0.2, -0.15) is 0 Å². The van der Waals surface area contributed by atoms with Crippen LogP contribution in [0.4, 0.5) is 5.69 Å². The van der Waals surface area contributed by atoms with E-state index in [-0.39, 0.29) is 5.91 Å². The molecule has 0 saturated carbocycles. The summed E-state index contributed by atoms with van der Waals surface area (Å²) >= 11 is 0. The first kappa shape index (κ1) is 13.8. The van der Waals surface area contributed by atoms with Crippen LogP contribution in [-0.4, -0.2) is 30.5 Å². The van der Waals surface area contributed by atoms with Gasteiger partial charge in [0, 0.05) is 25.8 Å². The van der Waals surface area contributed by atoms with E-state index >= 15 is 0 Å². The molecule has 0 radical (unpaired) electrons. The van der Waals surface area contributed by atoms with Crippen LogP contribution in [0.25, 0.3) is 0 Å². The number of amides is 1. The number of piperidine rings is 1. The molecule has 1 aromatic heterocycles. The van der Waals surface area contributed by atoms with Gasteiger partial charge in [-0.3, -0.25) is 9.78 Å². The lowest BCUT2D eigenvalue weighted by Gasteiger charge is -2.32. The van der Waals surface area contributed by atoms with Crippen LogP contribution in [-0.2, 0) is 0 Å². The molecule has 0 spiro atoms. The van der Waals surface area contributed by atoms with E-state index in [0.717, 1.165) is 25.2 Å². The number of pyridine rings is 1. The second-order valence-electron chi connectivity index (χ2n) is 5.38. The van der Waals surface area contributed by atoms with Crippen molar-refractivity contribution in [2.24, 2.45) is 5.92 Å². The maximum absolute atomic E-state index is 11.9. The number of hydrogen-bond acceptors (Lipinski definition) is 3. The Morgan fingerprint density at radius 1 is 1.53 bits per heavy atom. The predicted molar refractivity (Wildman–Crippen MR) is 77.5 cm³/mol. The lowest BCUT2D eigenvalue weighted by Crippen LogP contribution is -2.34. The molecule has 1 fully saturated rings. The van der Waals surface area contributed by atoms with E-state index in [2.05, 4.69) is 22.1 Å². The van der Waals surface area contributed by atoms with Crippen molar-refractivity contribution in [3.8, 4) is 0 Å². The zero-order valence-corrected chi connectivity index (χ0v) is 11.9. The van der Waals surface area contributed by atoms with Crippen molar-refractivity contribution in [3.63, 3.8) is 0 Å². The Balaban J connectivity index is 2.08. The summed E-state index contributed by atoms with van der Waals surface area (Å²) in [4.78, 5) is 18.5. The lowest BCUT2D eigenvalue weighted by molar-refractivity contribution is 0.0953. The van der Waals surface area contributed by atoms with Crippen LogP contribution in [0, 0.1) is 5.92 Å². The van der Waals surface area contributed by atoms with Crippen LogP contribution in [0.15, 0.2) is 18.5 Å². The van der Waals surface area contributed by atoms with Crippen molar-refractivity contribution >= 4 is 11.6 Å². The van der Waals surface area contributed by atoms with E-state index in [4.69, 9.17) is 0 Å². The summed E-state index contributed by atoms with van der Waals surface area (Å²) in [7, 11) is 0. The highest BCUT2D eigenvalue weighted by Gasteiger charge is 2.17.